The maximum Gasteiger partial charge on any atom is 0.211 e. The largest absolute Gasteiger partial charge is 0.287 e. The van der Waals surface area contributed by atoms with Crippen LogP contribution in [-0.4, -0.2) is 20.2 Å². The van der Waals surface area contributed by atoms with Gasteiger partial charge in [-0.1, -0.05) is 48.4 Å². The molecule has 0 saturated heterocycles. The number of carbonyl (C=O) groups is 1. The van der Waals surface area contributed by atoms with Gasteiger partial charge in [0, 0.05) is 11.6 Å². The van der Waals surface area contributed by atoms with Crippen LogP contribution in [0.15, 0.2) is 36.7 Å². The van der Waals surface area contributed by atoms with E-state index in [9.17, 15) is 4.79 Å². The predicted octanol–water partition coefficient (Wildman–Crippen LogP) is 3.48. The Kier molecular flexibility index (Phi) is 3.47. The molecule has 0 aliphatic rings. The van der Waals surface area contributed by atoms with Crippen molar-refractivity contribution < 1.29 is 4.79 Å². The van der Waals surface area contributed by atoms with Crippen molar-refractivity contribution in [3.63, 3.8) is 0 Å². The van der Waals surface area contributed by atoms with Crippen molar-refractivity contribution in [3.8, 4) is 0 Å². The molecule has 0 spiro atoms. The van der Waals surface area contributed by atoms with Crippen molar-refractivity contribution in [2.75, 3.05) is 0 Å². The molecule has 2 aromatic heterocycles. The molecule has 5 heteroatoms. The molecule has 21 heavy (non-hydrogen) atoms. The van der Waals surface area contributed by atoms with Gasteiger partial charge in [0.05, 0.1) is 5.69 Å². The molecule has 0 bridgehead atoms. The summed E-state index contributed by atoms with van der Waals surface area (Å²) in [6.45, 7) is 3.97. The first-order valence-electron chi connectivity index (χ1n) is 6.74. The molecule has 3 rings (SSSR count). The summed E-state index contributed by atoms with van der Waals surface area (Å²) in [6.07, 6.45) is 2.22. The fourth-order valence-corrected chi connectivity index (χ4v) is 2.44. The Bertz CT molecular complexity index is 821. The summed E-state index contributed by atoms with van der Waals surface area (Å²) in [7, 11) is 0. The molecule has 0 amide bonds. The highest BCUT2D eigenvalue weighted by Gasteiger charge is 2.20. The molecule has 0 aliphatic heterocycles. The maximum absolute atomic E-state index is 12.8. The van der Waals surface area contributed by atoms with Crippen molar-refractivity contribution in [2.45, 2.75) is 20.3 Å². The van der Waals surface area contributed by atoms with Gasteiger partial charge in [-0.15, -0.1) is 0 Å². The molecule has 2 heterocycles. The molecular formula is C16H14ClN3O. The lowest BCUT2D eigenvalue weighted by Crippen LogP contribution is -2.08. The number of hydrogen-bond acceptors (Lipinski definition) is 3. The second-order valence-electron chi connectivity index (χ2n) is 4.90. The van der Waals surface area contributed by atoms with Gasteiger partial charge in [0.25, 0.3) is 0 Å². The monoisotopic (exact) mass is 299 g/mol. The molecule has 0 fully saturated rings. The Balaban J connectivity index is 2.18. The molecule has 0 aliphatic carbocycles. The van der Waals surface area contributed by atoms with Gasteiger partial charge in [-0.05, 0) is 13.3 Å². The number of aryl methyl sites for hydroxylation is 2. The van der Waals surface area contributed by atoms with E-state index in [1.807, 2.05) is 38.1 Å². The van der Waals surface area contributed by atoms with Crippen LogP contribution in [-0.2, 0) is 6.42 Å². The van der Waals surface area contributed by atoms with Gasteiger partial charge in [0.15, 0.2) is 0 Å². The Morgan fingerprint density at radius 2 is 2.00 bits per heavy atom. The number of benzene rings is 1. The van der Waals surface area contributed by atoms with E-state index in [1.165, 1.54) is 0 Å². The number of nitrogens with zero attached hydrogens (tertiary/aromatic N) is 3. The molecule has 1 aromatic carbocycles. The number of carbonyl (C=O) groups excluding carboxylic acids is 1. The smallest absolute Gasteiger partial charge is 0.211 e. The topological polar surface area (TPSA) is 47.3 Å². The molecule has 4 nitrogen and oxygen atoms in total. The van der Waals surface area contributed by atoms with Crippen LogP contribution in [0.4, 0.5) is 0 Å². The molecular weight excluding hydrogens is 286 g/mol. The molecule has 0 N–H and O–H groups in total. The van der Waals surface area contributed by atoms with Gasteiger partial charge in [-0.25, -0.2) is 9.97 Å². The van der Waals surface area contributed by atoms with Crippen molar-refractivity contribution >= 4 is 23.0 Å². The van der Waals surface area contributed by atoms with Gasteiger partial charge < -0.3 is 0 Å². The van der Waals surface area contributed by atoms with Crippen molar-refractivity contribution in [1.29, 1.82) is 0 Å². The normalized spacial score (nSPS) is 11.0. The van der Waals surface area contributed by atoms with E-state index in [0.29, 0.717) is 28.5 Å². The van der Waals surface area contributed by atoms with Crippen molar-refractivity contribution in [2.24, 2.45) is 0 Å². The Morgan fingerprint density at radius 1 is 1.29 bits per heavy atom. The van der Waals surface area contributed by atoms with E-state index in [-0.39, 0.29) is 5.78 Å². The highest BCUT2D eigenvalue weighted by molar-refractivity contribution is 6.29. The van der Waals surface area contributed by atoms with E-state index in [0.717, 1.165) is 11.3 Å². The number of fused-ring (bicyclic) bond motifs is 1. The highest BCUT2D eigenvalue weighted by Crippen LogP contribution is 2.19. The Hall–Kier alpha value is -2.20. The first-order valence-corrected chi connectivity index (χ1v) is 7.11. The summed E-state index contributed by atoms with van der Waals surface area (Å²) >= 11 is 5.89. The van der Waals surface area contributed by atoms with Crippen LogP contribution in [0.5, 0.6) is 0 Å². The SMILES string of the molecule is CCc1nc2cc(Cl)ncn2c1C(=O)c1ccc(C)cc1. The first kappa shape index (κ1) is 13.8. The van der Waals surface area contributed by atoms with Crippen LogP contribution in [0.1, 0.15) is 34.2 Å². The average Bonchev–Trinajstić information content (AvgIpc) is 2.84. The summed E-state index contributed by atoms with van der Waals surface area (Å²) < 4.78 is 1.70. The molecule has 106 valence electrons. The molecule has 0 atom stereocenters. The zero-order chi connectivity index (χ0) is 15.0. The van der Waals surface area contributed by atoms with Crippen LogP contribution in [0.3, 0.4) is 0 Å². The third-order valence-corrected chi connectivity index (χ3v) is 3.63. The number of imidazole rings is 1. The highest BCUT2D eigenvalue weighted by atomic mass is 35.5. The van der Waals surface area contributed by atoms with Crippen LogP contribution in [0.25, 0.3) is 5.65 Å². The van der Waals surface area contributed by atoms with Gasteiger partial charge in [0.1, 0.15) is 22.8 Å². The predicted molar refractivity (Wildman–Crippen MR) is 82.0 cm³/mol. The second kappa shape index (κ2) is 5.30. The molecule has 0 saturated carbocycles. The van der Waals surface area contributed by atoms with Crippen LogP contribution in [0.2, 0.25) is 5.15 Å². The fraction of sp³-hybridized carbons (Fsp3) is 0.188. The van der Waals surface area contributed by atoms with Gasteiger partial charge >= 0.3 is 0 Å². The molecule has 3 aromatic rings. The summed E-state index contributed by atoms with van der Waals surface area (Å²) in [5.41, 5.74) is 3.72. The van der Waals surface area contributed by atoms with Crippen LogP contribution in [0, 0.1) is 6.92 Å². The van der Waals surface area contributed by atoms with Crippen molar-refractivity contribution in [3.05, 3.63) is 64.3 Å². The summed E-state index contributed by atoms with van der Waals surface area (Å²) in [6, 6.07) is 9.18. The lowest BCUT2D eigenvalue weighted by molar-refractivity contribution is 0.103. The minimum absolute atomic E-state index is 0.0523. The zero-order valence-electron chi connectivity index (χ0n) is 11.8. The fourth-order valence-electron chi connectivity index (χ4n) is 2.30. The number of aromatic nitrogens is 3. The lowest BCUT2D eigenvalue weighted by Gasteiger charge is -2.04. The minimum atomic E-state index is -0.0523. The number of hydrogen-bond donors (Lipinski definition) is 0. The van der Waals surface area contributed by atoms with E-state index in [1.54, 1.807) is 16.8 Å². The third-order valence-electron chi connectivity index (χ3n) is 3.42. The Labute approximate surface area is 127 Å². The van der Waals surface area contributed by atoms with E-state index >= 15 is 0 Å². The van der Waals surface area contributed by atoms with Crippen molar-refractivity contribution in [1.82, 2.24) is 14.4 Å². The van der Waals surface area contributed by atoms with E-state index in [2.05, 4.69) is 9.97 Å². The zero-order valence-corrected chi connectivity index (χ0v) is 12.6. The third kappa shape index (κ3) is 2.43. The minimum Gasteiger partial charge on any atom is -0.287 e. The van der Waals surface area contributed by atoms with Gasteiger partial charge in [-0.3, -0.25) is 9.20 Å². The molecule has 0 radical (unpaired) electrons. The second-order valence-corrected chi connectivity index (χ2v) is 5.28. The first-order chi connectivity index (χ1) is 10.1. The number of ketones is 1. The Morgan fingerprint density at radius 3 is 2.67 bits per heavy atom. The molecule has 0 unspecified atom stereocenters. The standard InChI is InChI=1S/C16H14ClN3O/c1-3-12-15(16(21)11-6-4-10(2)5-7-11)20-9-18-13(17)8-14(20)19-12/h4-9H,3H2,1-2H3. The van der Waals surface area contributed by atoms with Crippen LogP contribution < -0.4 is 0 Å². The summed E-state index contributed by atoms with van der Waals surface area (Å²) in [5, 5.41) is 0.365. The summed E-state index contributed by atoms with van der Waals surface area (Å²) in [5.74, 6) is -0.0523. The van der Waals surface area contributed by atoms with E-state index < -0.39 is 0 Å². The van der Waals surface area contributed by atoms with Crippen LogP contribution >= 0.6 is 11.6 Å². The van der Waals surface area contributed by atoms with Gasteiger partial charge in [0.2, 0.25) is 5.78 Å². The number of rotatable bonds is 3. The van der Waals surface area contributed by atoms with Gasteiger partial charge in [-0.2, -0.15) is 0 Å². The average molecular weight is 300 g/mol. The summed E-state index contributed by atoms with van der Waals surface area (Å²) in [4.78, 5) is 21.3. The lowest BCUT2D eigenvalue weighted by atomic mass is 10.0. The quantitative estimate of drug-likeness (QED) is 0.549. The maximum atomic E-state index is 12.8. The van der Waals surface area contributed by atoms with E-state index in [4.69, 9.17) is 11.6 Å². The number of halogens is 1.